The second kappa shape index (κ2) is 5.05. The summed E-state index contributed by atoms with van der Waals surface area (Å²) >= 11 is 0. The van der Waals surface area contributed by atoms with Gasteiger partial charge in [0.05, 0.1) is 0 Å². The van der Waals surface area contributed by atoms with E-state index < -0.39 is 0 Å². The number of hydrogen-bond acceptors (Lipinski definition) is 2. The first-order valence-electron chi connectivity index (χ1n) is 5.08. The molecule has 0 heterocycles. The molecule has 0 aromatic carbocycles. The van der Waals surface area contributed by atoms with Gasteiger partial charge in [0.2, 0.25) is 0 Å². The topological polar surface area (TPSA) is 26.3 Å². The van der Waals surface area contributed by atoms with Crippen LogP contribution in [-0.2, 0) is 9.53 Å². The van der Waals surface area contributed by atoms with Crippen molar-refractivity contribution in [2.24, 2.45) is 0 Å². The third-order valence-electron chi connectivity index (χ3n) is 2.37. The Morgan fingerprint density at radius 2 is 2.46 bits per heavy atom. The maximum absolute atomic E-state index is 11.2. The lowest BCUT2D eigenvalue weighted by Gasteiger charge is -2.10. The average molecular weight is 182 g/mol. The predicted molar refractivity (Wildman–Crippen MR) is 52.4 cm³/mol. The van der Waals surface area contributed by atoms with Crippen LogP contribution in [0, 0.1) is 0 Å². The maximum atomic E-state index is 11.2. The fraction of sp³-hybridized carbons (Fsp3) is 0.727. The van der Waals surface area contributed by atoms with E-state index in [1.54, 1.807) is 0 Å². The Morgan fingerprint density at radius 3 is 3.00 bits per heavy atom. The molecular weight excluding hydrogens is 164 g/mol. The molecule has 1 saturated carbocycles. The molecule has 0 amide bonds. The molecule has 0 aliphatic heterocycles. The predicted octanol–water partition coefficient (Wildman–Crippen LogP) is 2.83. The van der Waals surface area contributed by atoms with Crippen LogP contribution in [0.4, 0.5) is 0 Å². The highest BCUT2D eigenvalue weighted by Crippen LogP contribution is 2.25. The first kappa shape index (κ1) is 10.3. The second-order valence-electron chi connectivity index (χ2n) is 3.71. The van der Waals surface area contributed by atoms with E-state index in [1.165, 1.54) is 5.57 Å². The monoisotopic (exact) mass is 182 g/mol. The fourth-order valence-electron chi connectivity index (χ4n) is 1.56. The van der Waals surface area contributed by atoms with Crippen LogP contribution in [0.1, 0.15) is 45.4 Å². The van der Waals surface area contributed by atoms with Crippen molar-refractivity contribution < 1.29 is 9.53 Å². The summed E-state index contributed by atoms with van der Waals surface area (Å²) in [6.45, 7) is 5.96. The SMILES string of the molecule is C=C1CCC(OC(=O)CCCC)C1. The van der Waals surface area contributed by atoms with E-state index in [-0.39, 0.29) is 12.1 Å². The molecule has 0 bridgehead atoms. The van der Waals surface area contributed by atoms with Crippen molar-refractivity contribution in [1.82, 2.24) is 0 Å². The van der Waals surface area contributed by atoms with Crippen LogP contribution < -0.4 is 0 Å². The molecule has 1 rings (SSSR count). The van der Waals surface area contributed by atoms with Crippen LogP contribution in [-0.4, -0.2) is 12.1 Å². The van der Waals surface area contributed by atoms with Gasteiger partial charge in [-0.2, -0.15) is 0 Å². The normalized spacial score (nSPS) is 21.9. The van der Waals surface area contributed by atoms with Gasteiger partial charge in [-0.15, -0.1) is 0 Å². The summed E-state index contributed by atoms with van der Waals surface area (Å²) in [6.07, 6.45) is 5.54. The molecule has 0 saturated heterocycles. The standard InChI is InChI=1S/C11H18O2/c1-3-4-5-11(12)13-10-7-6-9(2)8-10/h10H,2-8H2,1H3. The van der Waals surface area contributed by atoms with Gasteiger partial charge in [0, 0.05) is 12.8 Å². The van der Waals surface area contributed by atoms with Gasteiger partial charge in [-0.3, -0.25) is 4.79 Å². The van der Waals surface area contributed by atoms with Crippen LogP contribution in [0.2, 0.25) is 0 Å². The highest BCUT2D eigenvalue weighted by Gasteiger charge is 2.21. The highest BCUT2D eigenvalue weighted by molar-refractivity contribution is 5.69. The first-order chi connectivity index (χ1) is 6.22. The molecule has 1 aliphatic carbocycles. The minimum Gasteiger partial charge on any atom is -0.462 e. The van der Waals surface area contributed by atoms with Crippen molar-refractivity contribution in [2.45, 2.75) is 51.6 Å². The zero-order chi connectivity index (χ0) is 9.68. The molecule has 1 unspecified atom stereocenters. The molecule has 1 fully saturated rings. The van der Waals surface area contributed by atoms with Crippen LogP contribution in [0.15, 0.2) is 12.2 Å². The summed E-state index contributed by atoms with van der Waals surface area (Å²) in [6, 6.07) is 0. The first-order valence-corrected chi connectivity index (χ1v) is 5.08. The molecule has 74 valence electrons. The summed E-state index contributed by atoms with van der Waals surface area (Å²) in [5.41, 5.74) is 1.22. The third-order valence-corrected chi connectivity index (χ3v) is 2.37. The molecule has 13 heavy (non-hydrogen) atoms. The number of unbranched alkanes of at least 4 members (excludes halogenated alkanes) is 1. The van der Waals surface area contributed by atoms with Crippen LogP contribution in [0.3, 0.4) is 0 Å². The maximum Gasteiger partial charge on any atom is 0.306 e. The van der Waals surface area contributed by atoms with E-state index in [0.717, 1.165) is 32.1 Å². The number of esters is 1. The van der Waals surface area contributed by atoms with Crippen LogP contribution in [0.5, 0.6) is 0 Å². The van der Waals surface area contributed by atoms with Gasteiger partial charge in [0.1, 0.15) is 6.10 Å². The van der Waals surface area contributed by atoms with Crippen molar-refractivity contribution in [2.75, 3.05) is 0 Å². The van der Waals surface area contributed by atoms with Crippen LogP contribution >= 0.6 is 0 Å². The van der Waals surface area contributed by atoms with Gasteiger partial charge in [0.25, 0.3) is 0 Å². The summed E-state index contributed by atoms with van der Waals surface area (Å²) < 4.78 is 5.28. The molecule has 0 radical (unpaired) electrons. The Hall–Kier alpha value is -0.790. The van der Waals surface area contributed by atoms with Crippen molar-refractivity contribution in [3.8, 4) is 0 Å². The van der Waals surface area contributed by atoms with Crippen molar-refractivity contribution in [1.29, 1.82) is 0 Å². The summed E-state index contributed by atoms with van der Waals surface area (Å²) in [7, 11) is 0. The van der Waals surface area contributed by atoms with Gasteiger partial charge in [-0.25, -0.2) is 0 Å². The quantitative estimate of drug-likeness (QED) is 0.493. The zero-order valence-corrected chi connectivity index (χ0v) is 8.34. The minimum atomic E-state index is -0.0402. The van der Waals surface area contributed by atoms with Crippen molar-refractivity contribution in [3.05, 3.63) is 12.2 Å². The summed E-state index contributed by atoms with van der Waals surface area (Å²) in [5, 5.41) is 0. The Morgan fingerprint density at radius 1 is 1.69 bits per heavy atom. The Labute approximate surface area is 80.0 Å². The zero-order valence-electron chi connectivity index (χ0n) is 8.34. The molecule has 0 spiro atoms. The Bertz CT molecular complexity index is 196. The molecule has 0 aromatic heterocycles. The van der Waals surface area contributed by atoms with E-state index in [9.17, 15) is 4.79 Å². The number of hydrogen-bond donors (Lipinski definition) is 0. The Balaban J connectivity index is 2.17. The smallest absolute Gasteiger partial charge is 0.306 e. The van der Waals surface area contributed by atoms with Gasteiger partial charge >= 0.3 is 5.97 Å². The van der Waals surface area contributed by atoms with Gasteiger partial charge in [0.15, 0.2) is 0 Å². The number of carbonyl (C=O) groups excluding carboxylic acids is 1. The number of carbonyl (C=O) groups is 1. The van der Waals surface area contributed by atoms with E-state index in [4.69, 9.17) is 4.74 Å². The van der Waals surface area contributed by atoms with Crippen molar-refractivity contribution >= 4 is 5.97 Å². The summed E-state index contributed by atoms with van der Waals surface area (Å²) in [5.74, 6) is -0.0402. The van der Waals surface area contributed by atoms with Gasteiger partial charge in [-0.05, 0) is 19.3 Å². The van der Waals surface area contributed by atoms with Crippen molar-refractivity contribution in [3.63, 3.8) is 0 Å². The lowest BCUT2D eigenvalue weighted by molar-refractivity contribution is -0.148. The highest BCUT2D eigenvalue weighted by atomic mass is 16.5. The van der Waals surface area contributed by atoms with Crippen LogP contribution in [0.25, 0.3) is 0 Å². The minimum absolute atomic E-state index is 0.0402. The third kappa shape index (κ3) is 3.62. The van der Waals surface area contributed by atoms with E-state index in [1.807, 2.05) is 0 Å². The fourth-order valence-corrected chi connectivity index (χ4v) is 1.56. The molecule has 1 atom stereocenters. The second-order valence-corrected chi connectivity index (χ2v) is 3.71. The average Bonchev–Trinajstić information content (AvgIpc) is 2.48. The molecule has 1 aliphatic rings. The molecule has 0 aromatic rings. The summed E-state index contributed by atoms with van der Waals surface area (Å²) in [4.78, 5) is 11.2. The molecule has 2 nitrogen and oxygen atoms in total. The van der Waals surface area contributed by atoms with Gasteiger partial charge in [-0.1, -0.05) is 25.5 Å². The van der Waals surface area contributed by atoms with E-state index >= 15 is 0 Å². The number of rotatable bonds is 4. The lowest BCUT2D eigenvalue weighted by Crippen LogP contribution is -2.14. The Kier molecular flexibility index (Phi) is 4.00. The van der Waals surface area contributed by atoms with Gasteiger partial charge < -0.3 is 4.74 Å². The molecular formula is C11H18O2. The molecule has 0 N–H and O–H groups in total. The lowest BCUT2D eigenvalue weighted by atomic mass is 10.2. The number of ether oxygens (including phenoxy) is 1. The molecule has 2 heteroatoms. The van der Waals surface area contributed by atoms with E-state index in [2.05, 4.69) is 13.5 Å². The largest absolute Gasteiger partial charge is 0.462 e. The van der Waals surface area contributed by atoms with E-state index in [0.29, 0.717) is 6.42 Å².